The Hall–Kier alpha value is -2.22. The molecule has 8 heteroatoms. The number of H-pyrrole nitrogens is 1. The van der Waals surface area contributed by atoms with Gasteiger partial charge < -0.3 is 15.4 Å². The summed E-state index contributed by atoms with van der Waals surface area (Å²) in [7, 11) is 0. The van der Waals surface area contributed by atoms with Gasteiger partial charge in [0.2, 0.25) is 0 Å². The van der Waals surface area contributed by atoms with E-state index in [9.17, 15) is 14.0 Å². The lowest BCUT2D eigenvalue weighted by Crippen LogP contribution is -2.42. The molecule has 1 aromatic carbocycles. The maximum absolute atomic E-state index is 13.4. The zero-order valence-electron chi connectivity index (χ0n) is 10.6. The van der Waals surface area contributed by atoms with Gasteiger partial charge in [0.25, 0.3) is 5.91 Å². The number of amides is 1. The van der Waals surface area contributed by atoms with Crippen LogP contribution in [0.15, 0.2) is 35.2 Å². The predicted octanol–water partition coefficient (Wildman–Crippen LogP) is 1.74. The summed E-state index contributed by atoms with van der Waals surface area (Å²) in [5, 5.41) is 11.5. The summed E-state index contributed by atoms with van der Waals surface area (Å²) in [6, 6.07) is 2.82. The zero-order chi connectivity index (χ0) is 15.4. The third-order valence-corrected chi connectivity index (χ3v) is 3.58. The molecule has 0 saturated carbocycles. The van der Waals surface area contributed by atoms with Crippen molar-refractivity contribution in [3.05, 3.63) is 52.3 Å². The molecule has 2 rings (SSSR count). The summed E-state index contributed by atoms with van der Waals surface area (Å²) in [5.74, 6) is -2.46. The first-order chi connectivity index (χ1) is 9.99. The molecule has 0 saturated heterocycles. The van der Waals surface area contributed by atoms with Crippen molar-refractivity contribution in [1.29, 1.82) is 0 Å². The fraction of sp³-hybridized carbons (Fsp3) is 0.154. The van der Waals surface area contributed by atoms with Crippen molar-refractivity contribution in [2.24, 2.45) is 0 Å². The third-order valence-electron chi connectivity index (χ3n) is 2.78. The van der Waals surface area contributed by atoms with Crippen LogP contribution in [0.5, 0.6) is 0 Å². The van der Waals surface area contributed by atoms with E-state index < -0.39 is 23.7 Å². The molecule has 1 heterocycles. The van der Waals surface area contributed by atoms with E-state index in [1.54, 1.807) is 0 Å². The molecule has 1 atom stereocenters. The number of carboxylic acid groups (broad SMARTS) is 1. The highest BCUT2D eigenvalue weighted by Gasteiger charge is 2.23. The summed E-state index contributed by atoms with van der Waals surface area (Å²) in [6.45, 7) is 0. The highest BCUT2D eigenvalue weighted by molar-refractivity contribution is 9.10. The lowest BCUT2D eigenvalue weighted by atomic mass is 10.1. The molecule has 0 fully saturated rings. The van der Waals surface area contributed by atoms with Gasteiger partial charge in [0.05, 0.1) is 16.4 Å². The van der Waals surface area contributed by atoms with Crippen LogP contribution in [0, 0.1) is 5.82 Å². The average Bonchev–Trinajstić information content (AvgIpc) is 2.93. The quantitative estimate of drug-likeness (QED) is 0.761. The smallest absolute Gasteiger partial charge is 0.326 e. The number of rotatable bonds is 5. The maximum Gasteiger partial charge on any atom is 0.326 e. The van der Waals surface area contributed by atoms with Crippen LogP contribution in [0.25, 0.3) is 0 Å². The first kappa shape index (κ1) is 15.2. The Morgan fingerprint density at radius 1 is 1.48 bits per heavy atom. The fourth-order valence-electron chi connectivity index (χ4n) is 1.73. The second kappa shape index (κ2) is 6.49. The number of imidazole rings is 1. The SMILES string of the molecule is O=C(NC(Cc1cnc[nH]1)C(=O)O)c1cccc(F)c1Br. The highest BCUT2D eigenvalue weighted by Crippen LogP contribution is 2.20. The number of aromatic amines is 1. The molecule has 1 unspecified atom stereocenters. The van der Waals surface area contributed by atoms with Crippen LogP contribution in [0.2, 0.25) is 0 Å². The number of hydrogen-bond acceptors (Lipinski definition) is 3. The molecule has 0 spiro atoms. The molecule has 110 valence electrons. The molecule has 0 bridgehead atoms. The number of carbonyl (C=O) groups excluding carboxylic acids is 1. The number of carbonyl (C=O) groups is 2. The predicted molar refractivity (Wildman–Crippen MR) is 75.3 cm³/mol. The molecular weight excluding hydrogens is 345 g/mol. The Morgan fingerprint density at radius 2 is 2.24 bits per heavy atom. The molecule has 1 aromatic heterocycles. The number of carboxylic acids is 1. The standard InChI is InChI=1S/C13H11BrFN3O3/c14-11-8(2-1-3-9(11)15)12(19)18-10(13(20)21)4-7-5-16-6-17-7/h1-3,5-6,10H,4H2,(H,16,17)(H,18,19)(H,20,21). The molecule has 1 amide bonds. The van der Waals surface area contributed by atoms with Crippen molar-refractivity contribution in [1.82, 2.24) is 15.3 Å². The molecule has 6 nitrogen and oxygen atoms in total. The first-order valence-electron chi connectivity index (χ1n) is 5.94. The largest absolute Gasteiger partial charge is 0.480 e. The van der Waals surface area contributed by atoms with Crippen LogP contribution in [0.4, 0.5) is 4.39 Å². The van der Waals surface area contributed by atoms with Crippen LogP contribution in [-0.2, 0) is 11.2 Å². The number of benzene rings is 1. The molecule has 3 N–H and O–H groups in total. The van der Waals surface area contributed by atoms with Gasteiger partial charge in [0, 0.05) is 18.3 Å². The summed E-state index contributed by atoms with van der Waals surface area (Å²) in [4.78, 5) is 29.8. The maximum atomic E-state index is 13.4. The van der Waals surface area contributed by atoms with Crippen molar-refractivity contribution in [3.8, 4) is 0 Å². The number of aliphatic carboxylic acids is 1. The monoisotopic (exact) mass is 355 g/mol. The van der Waals surface area contributed by atoms with Crippen molar-refractivity contribution in [2.45, 2.75) is 12.5 Å². The van der Waals surface area contributed by atoms with E-state index >= 15 is 0 Å². The van der Waals surface area contributed by atoms with Gasteiger partial charge in [-0.15, -0.1) is 0 Å². The van der Waals surface area contributed by atoms with Crippen molar-refractivity contribution in [3.63, 3.8) is 0 Å². The molecule has 0 aliphatic carbocycles. The molecule has 0 aliphatic rings. The lowest BCUT2D eigenvalue weighted by Gasteiger charge is -2.14. The van der Waals surface area contributed by atoms with Crippen molar-refractivity contribution < 1.29 is 19.1 Å². The van der Waals surface area contributed by atoms with E-state index in [0.29, 0.717) is 5.69 Å². The number of hydrogen-bond donors (Lipinski definition) is 3. The van der Waals surface area contributed by atoms with Gasteiger partial charge in [-0.2, -0.15) is 0 Å². The van der Waals surface area contributed by atoms with Crippen LogP contribution >= 0.6 is 15.9 Å². The van der Waals surface area contributed by atoms with Gasteiger partial charge in [-0.1, -0.05) is 6.07 Å². The summed E-state index contributed by atoms with van der Waals surface area (Å²) < 4.78 is 13.4. The van der Waals surface area contributed by atoms with Gasteiger partial charge in [0.1, 0.15) is 11.9 Å². The second-order valence-electron chi connectivity index (χ2n) is 4.25. The minimum atomic E-state index is -1.19. The zero-order valence-corrected chi connectivity index (χ0v) is 12.2. The Morgan fingerprint density at radius 3 is 2.86 bits per heavy atom. The van der Waals surface area contributed by atoms with Crippen LogP contribution in [-0.4, -0.2) is 33.0 Å². The van der Waals surface area contributed by atoms with Crippen molar-refractivity contribution >= 4 is 27.8 Å². The average molecular weight is 356 g/mol. The van der Waals surface area contributed by atoms with E-state index in [1.165, 1.54) is 30.7 Å². The third kappa shape index (κ3) is 3.66. The van der Waals surface area contributed by atoms with E-state index in [2.05, 4.69) is 31.2 Å². The minimum absolute atomic E-state index is 0.00632. The van der Waals surface area contributed by atoms with Gasteiger partial charge in [-0.3, -0.25) is 4.79 Å². The molecule has 0 radical (unpaired) electrons. The van der Waals surface area contributed by atoms with Crippen LogP contribution in [0.3, 0.4) is 0 Å². The Labute approximate surface area is 127 Å². The van der Waals surface area contributed by atoms with E-state index in [0.717, 1.165) is 0 Å². The van der Waals surface area contributed by atoms with E-state index in [-0.39, 0.29) is 16.5 Å². The Bertz CT molecular complexity index is 661. The lowest BCUT2D eigenvalue weighted by molar-refractivity contribution is -0.139. The van der Waals surface area contributed by atoms with E-state index in [4.69, 9.17) is 5.11 Å². The molecular formula is C13H11BrFN3O3. The normalized spacial score (nSPS) is 11.9. The summed E-state index contributed by atoms with van der Waals surface area (Å²) in [6.07, 6.45) is 2.94. The Kier molecular flexibility index (Phi) is 4.69. The fourth-order valence-corrected chi connectivity index (χ4v) is 2.18. The second-order valence-corrected chi connectivity index (χ2v) is 5.04. The van der Waals surface area contributed by atoms with Crippen LogP contribution in [0.1, 0.15) is 16.1 Å². The van der Waals surface area contributed by atoms with Gasteiger partial charge in [-0.25, -0.2) is 14.2 Å². The topological polar surface area (TPSA) is 95.1 Å². The molecule has 21 heavy (non-hydrogen) atoms. The van der Waals surface area contributed by atoms with Gasteiger partial charge >= 0.3 is 5.97 Å². The molecule has 0 aliphatic heterocycles. The summed E-state index contributed by atoms with van der Waals surface area (Å²) in [5.41, 5.74) is 0.604. The minimum Gasteiger partial charge on any atom is -0.480 e. The first-order valence-corrected chi connectivity index (χ1v) is 6.73. The summed E-state index contributed by atoms with van der Waals surface area (Å²) >= 11 is 2.97. The van der Waals surface area contributed by atoms with Gasteiger partial charge in [-0.05, 0) is 28.1 Å². The van der Waals surface area contributed by atoms with Crippen LogP contribution < -0.4 is 5.32 Å². The number of nitrogens with zero attached hydrogens (tertiary/aromatic N) is 1. The highest BCUT2D eigenvalue weighted by atomic mass is 79.9. The number of nitrogens with one attached hydrogen (secondary N) is 2. The van der Waals surface area contributed by atoms with Gasteiger partial charge in [0.15, 0.2) is 0 Å². The number of halogens is 2. The number of aromatic nitrogens is 2. The van der Waals surface area contributed by atoms with E-state index in [1.807, 2.05) is 0 Å². The Balaban J connectivity index is 2.15. The van der Waals surface area contributed by atoms with Crippen molar-refractivity contribution in [2.75, 3.05) is 0 Å². The molecule has 2 aromatic rings.